The molecule has 5 heteroatoms. The molecule has 0 heterocycles. The minimum absolute atomic E-state index is 0.00160. The highest BCUT2D eigenvalue weighted by Crippen LogP contribution is 2.06. The van der Waals surface area contributed by atoms with Crippen molar-refractivity contribution in [2.75, 3.05) is 6.61 Å². The van der Waals surface area contributed by atoms with Gasteiger partial charge >= 0.3 is 0 Å². The third-order valence-electron chi connectivity index (χ3n) is 1.39. The third-order valence-corrected chi connectivity index (χ3v) is 2.43. The SMILES string of the molecule is CCC(CO[Si](C)(C)C)N=[N+]=[N-]. The van der Waals surface area contributed by atoms with Crippen molar-refractivity contribution < 1.29 is 4.43 Å². The van der Waals surface area contributed by atoms with Gasteiger partial charge in [-0.25, -0.2) is 0 Å². The molecule has 0 aliphatic carbocycles. The molecule has 0 rings (SSSR count). The van der Waals surface area contributed by atoms with Crippen LogP contribution in [0.4, 0.5) is 0 Å². The van der Waals surface area contributed by atoms with E-state index in [0.717, 1.165) is 6.42 Å². The van der Waals surface area contributed by atoms with Crippen molar-refractivity contribution in [3.8, 4) is 0 Å². The fraction of sp³-hybridized carbons (Fsp3) is 1.00. The smallest absolute Gasteiger partial charge is 0.183 e. The molecule has 0 aliphatic heterocycles. The van der Waals surface area contributed by atoms with E-state index in [1.165, 1.54) is 0 Å². The van der Waals surface area contributed by atoms with Gasteiger partial charge in [0.25, 0.3) is 0 Å². The van der Waals surface area contributed by atoms with E-state index >= 15 is 0 Å². The van der Waals surface area contributed by atoms with Crippen molar-refractivity contribution in [1.82, 2.24) is 0 Å². The van der Waals surface area contributed by atoms with Crippen LogP contribution in [0.15, 0.2) is 5.11 Å². The molecule has 12 heavy (non-hydrogen) atoms. The summed E-state index contributed by atoms with van der Waals surface area (Å²) in [6.07, 6.45) is 0.842. The van der Waals surface area contributed by atoms with E-state index in [4.69, 9.17) is 9.96 Å². The fourth-order valence-corrected chi connectivity index (χ4v) is 1.34. The van der Waals surface area contributed by atoms with Crippen molar-refractivity contribution in [2.24, 2.45) is 5.11 Å². The Hall–Kier alpha value is -0.513. The van der Waals surface area contributed by atoms with Crippen LogP contribution < -0.4 is 0 Å². The van der Waals surface area contributed by atoms with Gasteiger partial charge in [0.2, 0.25) is 0 Å². The van der Waals surface area contributed by atoms with Gasteiger partial charge < -0.3 is 4.43 Å². The first-order valence-electron chi connectivity index (χ1n) is 4.17. The van der Waals surface area contributed by atoms with Crippen LogP contribution in [0, 0.1) is 0 Å². The zero-order valence-corrected chi connectivity index (χ0v) is 9.24. The third kappa shape index (κ3) is 6.21. The normalized spacial score (nSPS) is 13.7. The maximum Gasteiger partial charge on any atom is 0.183 e. The van der Waals surface area contributed by atoms with Crippen LogP contribution in [-0.4, -0.2) is 21.0 Å². The first kappa shape index (κ1) is 11.5. The molecule has 0 amide bonds. The molecule has 0 aliphatic rings. The highest BCUT2D eigenvalue weighted by molar-refractivity contribution is 6.69. The molecule has 70 valence electrons. The van der Waals surface area contributed by atoms with Gasteiger partial charge in [-0.05, 0) is 31.6 Å². The van der Waals surface area contributed by atoms with Crippen molar-refractivity contribution in [1.29, 1.82) is 0 Å². The van der Waals surface area contributed by atoms with Crippen LogP contribution in [0.5, 0.6) is 0 Å². The average molecular weight is 187 g/mol. The molecule has 0 radical (unpaired) electrons. The van der Waals surface area contributed by atoms with E-state index < -0.39 is 8.32 Å². The minimum atomic E-state index is -1.45. The Morgan fingerprint density at radius 1 is 1.50 bits per heavy atom. The molecule has 0 N–H and O–H groups in total. The largest absolute Gasteiger partial charge is 0.417 e. The number of azide groups is 1. The molecule has 0 aromatic carbocycles. The number of nitrogens with zero attached hydrogens (tertiary/aromatic N) is 3. The number of rotatable bonds is 5. The molecular weight excluding hydrogens is 170 g/mol. The lowest BCUT2D eigenvalue weighted by atomic mass is 10.3. The van der Waals surface area contributed by atoms with Gasteiger partial charge in [-0.15, -0.1) is 0 Å². The van der Waals surface area contributed by atoms with Gasteiger partial charge in [-0.3, -0.25) is 0 Å². The summed E-state index contributed by atoms with van der Waals surface area (Å²) in [5.41, 5.74) is 8.21. The standard InChI is InChI=1S/C7H17N3OSi/c1-5-7(9-10-8)6-11-12(2,3)4/h7H,5-6H2,1-4H3. The summed E-state index contributed by atoms with van der Waals surface area (Å²) in [6.45, 7) is 8.92. The fourth-order valence-electron chi connectivity index (χ4n) is 0.652. The Bertz CT molecular complexity index is 172. The lowest BCUT2D eigenvalue weighted by Gasteiger charge is -2.19. The second-order valence-electron chi connectivity index (χ2n) is 3.69. The van der Waals surface area contributed by atoms with E-state index in [9.17, 15) is 0 Å². The van der Waals surface area contributed by atoms with Crippen LogP contribution in [0.1, 0.15) is 13.3 Å². The summed E-state index contributed by atoms with van der Waals surface area (Å²) in [7, 11) is -1.45. The quantitative estimate of drug-likeness (QED) is 0.282. The summed E-state index contributed by atoms with van der Waals surface area (Å²) in [6, 6.07) is 0.00160. The van der Waals surface area contributed by atoms with E-state index in [1.54, 1.807) is 0 Å². The Labute approximate surface area is 74.7 Å². The Morgan fingerprint density at radius 2 is 2.08 bits per heavy atom. The topological polar surface area (TPSA) is 58.0 Å². The summed E-state index contributed by atoms with van der Waals surface area (Å²) in [4.78, 5) is 2.77. The predicted octanol–water partition coefficient (Wildman–Crippen LogP) is 2.93. The molecule has 4 nitrogen and oxygen atoms in total. The lowest BCUT2D eigenvalue weighted by Crippen LogP contribution is -2.29. The predicted molar refractivity (Wildman–Crippen MR) is 52.5 cm³/mol. The highest BCUT2D eigenvalue weighted by Gasteiger charge is 2.15. The van der Waals surface area contributed by atoms with Crippen LogP contribution in [0.2, 0.25) is 19.6 Å². The number of hydrogen-bond donors (Lipinski definition) is 0. The molecule has 1 unspecified atom stereocenters. The number of hydrogen-bond acceptors (Lipinski definition) is 2. The van der Waals surface area contributed by atoms with E-state index in [-0.39, 0.29) is 6.04 Å². The van der Waals surface area contributed by atoms with Gasteiger partial charge in [0, 0.05) is 11.5 Å². The summed E-state index contributed by atoms with van der Waals surface area (Å²) < 4.78 is 5.61. The van der Waals surface area contributed by atoms with Crippen molar-refractivity contribution in [3.05, 3.63) is 10.4 Å². The van der Waals surface area contributed by atoms with Gasteiger partial charge in [0.15, 0.2) is 8.32 Å². The first-order valence-corrected chi connectivity index (χ1v) is 7.58. The van der Waals surface area contributed by atoms with E-state index in [0.29, 0.717) is 6.61 Å². The highest BCUT2D eigenvalue weighted by atomic mass is 28.4. The minimum Gasteiger partial charge on any atom is -0.417 e. The molecule has 0 aromatic heterocycles. The van der Waals surface area contributed by atoms with Crippen LogP contribution >= 0.6 is 0 Å². The maximum absolute atomic E-state index is 8.21. The second-order valence-corrected chi connectivity index (χ2v) is 8.20. The maximum atomic E-state index is 8.21. The molecule has 0 saturated carbocycles. The first-order chi connectivity index (χ1) is 5.49. The molecule has 0 fully saturated rings. The Balaban J connectivity index is 3.80. The van der Waals surface area contributed by atoms with Crippen molar-refractivity contribution >= 4 is 8.32 Å². The zero-order chi connectivity index (χ0) is 9.61. The second kappa shape index (κ2) is 5.19. The van der Waals surface area contributed by atoms with Crippen molar-refractivity contribution in [2.45, 2.75) is 39.0 Å². The molecule has 1 atom stereocenters. The molecule has 0 saturated heterocycles. The van der Waals surface area contributed by atoms with Crippen molar-refractivity contribution in [3.63, 3.8) is 0 Å². The monoisotopic (exact) mass is 187 g/mol. The summed E-state index contributed by atoms with van der Waals surface area (Å²) in [5.74, 6) is 0. The molecule has 0 bridgehead atoms. The molecular formula is C7H17N3OSi. The van der Waals surface area contributed by atoms with Gasteiger partial charge in [0.1, 0.15) is 0 Å². The molecule has 0 aromatic rings. The Kier molecular flexibility index (Phi) is 4.97. The van der Waals surface area contributed by atoms with Crippen LogP contribution in [-0.2, 0) is 4.43 Å². The lowest BCUT2D eigenvalue weighted by molar-refractivity contribution is 0.279. The Morgan fingerprint density at radius 3 is 2.42 bits per heavy atom. The van der Waals surface area contributed by atoms with Gasteiger partial charge in [-0.2, -0.15) is 0 Å². The van der Waals surface area contributed by atoms with E-state index in [2.05, 4.69) is 29.7 Å². The average Bonchev–Trinajstić information content (AvgIpc) is 1.96. The van der Waals surface area contributed by atoms with Gasteiger partial charge in [0.05, 0.1) is 6.04 Å². The van der Waals surface area contributed by atoms with E-state index in [1.807, 2.05) is 6.92 Å². The molecule has 0 spiro atoms. The van der Waals surface area contributed by atoms with Gasteiger partial charge in [-0.1, -0.05) is 12.0 Å². The van der Waals surface area contributed by atoms with Crippen LogP contribution in [0.3, 0.4) is 0 Å². The van der Waals surface area contributed by atoms with Crippen LogP contribution in [0.25, 0.3) is 10.4 Å². The summed E-state index contributed by atoms with van der Waals surface area (Å²) in [5, 5.41) is 3.62. The summed E-state index contributed by atoms with van der Waals surface area (Å²) >= 11 is 0. The zero-order valence-electron chi connectivity index (χ0n) is 8.24.